The Morgan fingerprint density at radius 1 is 1.50 bits per heavy atom. The number of phenols is 1. The van der Waals surface area contributed by atoms with Crippen molar-refractivity contribution >= 4 is 11.8 Å². The van der Waals surface area contributed by atoms with Crippen LogP contribution in [0, 0.1) is 0 Å². The Hall–Kier alpha value is -0.830. The smallest absolute Gasteiger partial charge is 0.161 e. The summed E-state index contributed by atoms with van der Waals surface area (Å²) in [6.45, 7) is 0. The van der Waals surface area contributed by atoms with Gasteiger partial charge in [0.25, 0.3) is 0 Å². The standard InChI is InChI=1S/C9H12O2S/c1-11-8-5-3-4-7(6-12-2)9(8)10/h3-5,10H,6H2,1-2H3. The summed E-state index contributed by atoms with van der Waals surface area (Å²) >= 11 is 1.67. The SMILES string of the molecule is COc1cccc(CSC)c1O. The van der Waals surface area contributed by atoms with Gasteiger partial charge in [-0.1, -0.05) is 12.1 Å². The molecule has 1 rings (SSSR count). The molecule has 1 aromatic carbocycles. The monoisotopic (exact) mass is 184 g/mol. The highest BCUT2D eigenvalue weighted by atomic mass is 32.2. The van der Waals surface area contributed by atoms with Gasteiger partial charge < -0.3 is 9.84 Å². The Morgan fingerprint density at radius 3 is 2.83 bits per heavy atom. The molecular formula is C9H12O2S. The summed E-state index contributed by atoms with van der Waals surface area (Å²) in [6, 6.07) is 5.53. The molecule has 0 atom stereocenters. The lowest BCUT2D eigenvalue weighted by Gasteiger charge is -2.06. The Balaban J connectivity index is 2.97. The number of thioether (sulfide) groups is 1. The number of para-hydroxylation sites is 1. The third-order valence-corrected chi connectivity index (χ3v) is 2.20. The lowest BCUT2D eigenvalue weighted by atomic mass is 10.2. The van der Waals surface area contributed by atoms with Crippen LogP contribution in [-0.2, 0) is 5.75 Å². The number of methoxy groups -OCH3 is 1. The molecule has 66 valence electrons. The van der Waals surface area contributed by atoms with Gasteiger partial charge >= 0.3 is 0 Å². The summed E-state index contributed by atoms with van der Waals surface area (Å²) in [5, 5.41) is 9.58. The second kappa shape index (κ2) is 4.26. The first-order valence-corrected chi connectivity index (χ1v) is 5.02. The van der Waals surface area contributed by atoms with Gasteiger partial charge in [0.1, 0.15) is 0 Å². The summed E-state index contributed by atoms with van der Waals surface area (Å²) in [7, 11) is 1.55. The van der Waals surface area contributed by atoms with Crippen LogP contribution in [0.15, 0.2) is 18.2 Å². The number of hydrogen-bond acceptors (Lipinski definition) is 3. The van der Waals surface area contributed by atoms with Gasteiger partial charge in [0.05, 0.1) is 7.11 Å². The molecule has 0 radical (unpaired) electrons. The Kier molecular flexibility index (Phi) is 3.29. The zero-order chi connectivity index (χ0) is 8.97. The van der Waals surface area contributed by atoms with E-state index in [1.807, 2.05) is 18.4 Å². The third-order valence-electron chi connectivity index (χ3n) is 1.60. The van der Waals surface area contributed by atoms with Gasteiger partial charge in [-0.05, 0) is 12.3 Å². The van der Waals surface area contributed by atoms with Gasteiger partial charge in [0, 0.05) is 11.3 Å². The van der Waals surface area contributed by atoms with E-state index in [2.05, 4.69) is 0 Å². The largest absolute Gasteiger partial charge is 0.504 e. The zero-order valence-corrected chi connectivity index (χ0v) is 8.02. The van der Waals surface area contributed by atoms with Gasteiger partial charge in [-0.3, -0.25) is 0 Å². The lowest BCUT2D eigenvalue weighted by Crippen LogP contribution is -1.87. The predicted molar refractivity (Wildman–Crippen MR) is 51.9 cm³/mol. The van der Waals surface area contributed by atoms with Gasteiger partial charge in [0.2, 0.25) is 0 Å². The quantitative estimate of drug-likeness (QED) is 0.781. The normalized spacial score (nSPS) is 9.83. The molecule has 0 aliphatic carbocycles. The molecule has 3 heteroatoms. The van der Waals surface area contributed by atoms with Crippen LogP contribution in [0.5, 0.6) is 11.5 Å². The molecule has 0 saturated heterocycles. The van der Waals surface area contributed by atoms with Crippen molar-refractivity contribution in [1.82, 2.24) is 0 Å². The van der Waals surface area contributed by atoms with Crippen LogP contribution < -0.4 is 4.74 Å². The maximum absolute atomic E-state index is 9.58. The number of rotatable bonds is 3. The highest BCUT2D eigenvalue weighted by Crippen LogP contribution is 2.31. The van der Waals surface area contributed by atoms with E-state index < -0.39 is 0 Å². The Morgan fingerprint density at radius 2 is 2.25 bits per heavy atom. The van der Waals surface area contributed by atoms with Crippen molar-refractivity contribution in [1.29, 1.82) is 0 Å². The fourth-order valence-corrected chi connectivity index (χ4v) is 1.55. The van der Waals surface area contributed by atoms with E-state index >= 15 is 0 Å². The molecule has 0 heterocycles. The molecular weight excluding hydrogens is 172 g/mol. The van der Waals surface area contributed by atoms with Crippen LogP contribution in [0.3, 0.4) is 0 Å². The molecule has 0 fully saturated rings. The summed E-state index contributed by atoms with van der Waals surface area (Å²) in [5.74, 6) is 1.61. The fraction of sp³-hybridized carbons (Fsp3) is 0.333. The molecule has 12 heavy (non-hydrogen) atoms. The summed E-state index contributed by atoms with van der Waals surface area (Å²) < 4.78 is 4.97. The molecule has 0 aliphatic heterocycles. The predicted octanol–water partition coefficient (Wildman–Crippen LogP) is 2.26. The zero-order valence-electron chi connectivity index (χ0n) is 7.20. The average Bonchev–Trinajstić information content (AvgIpc) is 2.09. The first kappa shape index (κ1) is 9.26. The highest BCUT2D eigenvalue weighted by molar-refractivity contribution is 7.97. The maximum atomic E-state index is 9.58. The number of hydrogen-bond donors (Lipinski definition) is 1. The van der Waals surface area contributed by atoms with Gasteiger partial charge in [-0.2, -0.15) is 11.8 Å². The minimum Gasteiger partial charge on any atom is -0.504 e. The number of phenolic OH excluding ortho intramolecular Hbond substituents is 1. The second-order valence-corrected chi connectivity index (χ2v) is 3.27. The Bertz CT molecular complexity index is 261. The molecule has 0 spiro atoms. The third kappa shape index (κ3) is 1.85. The van der Waals surface area contributed by atoms with Crippen LogP contribution in [0.1, 0.15) is 5.56 Å². The van der Waals surface area contributed by atoms with E-state index in [1.54, 1.807) is 24.9 Å². The molecule has 0 saturated carbocycles. The van der Waals surface area contributed by atoms with Crippen LogP contribution in [-0.4, -0.2) is 18.5 Å². The maximum Gasteiger partial charge on any atom is 0.161 e. The molecule has 0 aliphatic rings. The van der Waals surface area contributed by atoms with Crippen LogP contribution in [0.25, 0.3) is 0 Å². The molecule has 1 N–H and O–H groups in total. The molecule has 0 unspecified atom stereocenters. The van der Waals surface area contributed by atoms with Crippen molar-refractivity contribution in [3.8, 4) is 11.5 Å². The van der Waals surface area contributed by atoms with E-state index in [-0.39, 0.29) is 5.75 Å². The molecule has 0 bridgehead atoms. The minimum atomic E-state index is 0.259. The summed E-state index contributed by atoms with van der Waals surface area (Å²) in [5.41, 5.74) is 0.918. The van der Waals surface area contributed by atoms with E-state index in [0.717, 1.165) is 11.3 Å². The Labute approximate surface area is 76.6 Å². The lowest BCUT2D eigenvalue weighted by molar-refractivity contribution is 0.371. The molecule has 2 nitrogen and oxygen atoms in total. The van der Waals surface area contributed by atoms with Crippen molar-refractivity contribution in [3.05, 3.63) is 23.8 Å². The van der Waals surface area contributed by atoms with Crippen molar-refractivity contribution in [2.45, 2.75) is 5.75 Å². The second-order valence-electron chi connectivity index (χ2n) is 2.40. The fourth-order valence-electron chi connectivity index (χ4n) is 1.00. The number of benzene rings is 1. The molecule has 0 amide bonds. The van der Waals surface area contributed by atoms with Gasteiger partial charge in [0.15, 0.2) is 11.5 Å². The van der Waals surface area contributed by atoms with Crippen LogP contribution >= 0.6 is 11.8 Å². The summed E-state index contributed by atoms with van der Waals surface area (Å²) in [6.07, 6.45) is 2.00. The highest BCUT2D eigenvalue weighted by Gasteiger charge is 2.05. The first-order chi connectivity index (χ1) is 5.79. The first-order valence-electron chi connectivity index (χ1n) is 3.63. The van der Waals surface area contributed by atoms with Gasteiger partial charge in [-0.15, -0.1) is 0 Å². The average molecular weight is 184 g/mol. The molecule has 1 aromatic rings. The van der Waals surface area contributed by atoms with E-state index in [1.165, 1.54) is 0 Å². The van der Waals surface area contributed by atoms with Crippen LogP contribution in [0.4, 0.5) is 0 Å². The van der Waals surface area contributed by atoms with Crippen molar-refractivity contribution in [2.75, 3.05) is 13.4 Å². The number of aromatic hydroxyl groups is 1. The summed E-state index contributed by atoms with van der Waals surface area (Å²) in [4.78, 5) is 0. The van der Waals surface area contributed by atoms with Crippen molar-refractivity contribution in [3.63, 3.8) is 0 Å². The number of ether oxygens (including phenoxy) is 1. The van der Waals surface area contributed by atoms with E-state index in [0.29, 0.717) is 5.75 Å². The van der Waals surface area contributed by atoms with Crippen LogP contribution in [0.2, 0.25) is 0 Å². The van der Waals surface area contributed by atoms with E-state index in [9.17, 15) is 5.11 Å². The molecule has 0 aromatic heterocycles. The van der Waals surface area contributed by atoms with Gasteiger partial charge in [-0.25, -0.2) is 0 Å². The van der Waals surface area contributed by atoms with Crippen molar-refractivity contribution in [2.24, 2.45) is 0 Å². The van der Waals surface area contributed by atoms with Crippen molar-refractivity contribution < 1.29 is 9.84 Å². The van der Waals surface area contributed by atoms with E-state index in [4.69, 9.17) is 4.74 Å². The minimum absolute atomic E-state index is 0.259. The topological polar surface area (TPSA) is 29.5 Å².